The van der Waals surface area contributed by atoms with Crippen LogP contribution in [0.3, 0.4) is 0 Å². The van der Waals surface area contributed by atoms with Crippen LogP contribution in [0.4, 0.5) is 11.4 Å². The molecular formula is C49H54N3O11S2-. The topological polar surface area (TPSA) is 194 Å². The number of nitrogens with zero attached hydrogens (tertiary/aromatic N) is 3. The first-order chi connectivity index (χ1) is 30.7. The van der Waals surface area contributed by atoms with Crippen LogP contribution in [0.2, 0.25) is 0 Å². The molecule has 3 aromatic carbocycles. The number of carbonyl (C=O) groups is 3. The third-order valence-electron chi connectivity index (χ3n) is 12.5. The average molecular weight is 925 g/mol. The number of rotatable bonds is 17. The molecule has 65 heavy (non-hydrogen) atoms. The lowest BCUT2D eigenvalue weighted by molar-refractivity contribution is -0.437. The van der Waals surface area contributed by atoms with E-state index in [0.717, 1.165) is 57.0 Å². The number of hydrogen-bond donors (Lipinski definition) is 0. The van der Waals surface area contributed by atoms with E-state index >= 15 is 0 Å². The number of fused-ring (bicyclic) bond motifs is 2. The van der Waals surface area contributed by atoms with E-state index in [2.05, 4.69) is 73.6 Å². The first-order valence-corrected chi connectivity index (χ1v) is 25.0. The van der Waals surface area contributed by atoms with Gasteiger partial charge in [-0.2, -0.15) is 4.58 Å². The Kier molecular flexibility index (Phi) is 13.9. The Labute approximate surface area is 381 Å². The van der Waals surface area contributed by atoms with Crippen LogP contribution in [0.25, 0.3) is 0 Å². The second-order valence-corrected chi connectivity index (χ2v) is 20.8. The SMILES string of the molecule is CC1(C)C(/C=C/C2=C(Oc3ccc(CCC(=O)ON4C(=O)CCC4=O)cc3)C(=C/C=C3/N(CCCS(=O)(=O)[O-])c4ccccc4C3(C)C)/CCC2)=[N+](CCCS(=O)(=O)[O-])c2ccccc21. The van der Waals surface area contributed by atoms with Crippen LogP contribution in [-0.2, 0) is 56.7 Å². The fourth-order valence-electron chi connectivity index (χ4n) is 9.17. The Balaban J connectivity index is 1.24. The minimum Gasteiger partial charge on any atom is -0.748 e. The molecule has 1 aliphatic carbocycles. The second kappa shape index (κ2) is 19.0. The predicted octanol–water partition coefficient (Wildman–Crippen LogP) is 7.15. The predicted molar refractivity (Wildman–Crippen MR) is 243 cm³/mol. The Hall–Kier alpha value is -5.68. The van der Waals surface area contributed by atoms with Crippen LogP contribution >= 0.6 is 0 Å². The molecule has 0 unspecified atom stereocenters. The Bertz CT molecular complexity index is 2750. The van der Waals surface area contributed by atoms with E-state index in [-0.39, 0.29) is 32.1 Å². The molecule has 0 radical (unpaired) electrons. The van der Waals surface area contributed by atoms with Crippen molar-refractivity contribution in [1.82, 2.24) is 5.06 Å². The van der Waals surface area contributed by atoms with E-state index in [1.807, 2.05) is 60.7 Å². The molecule has 344 valence electrons. The van der Waals surface area contributed by atoms with Crippen LogP contribution in [-0.4, -0.2) is 83.7 Å². The van der Waals surface area contributed by atoms with Gasteiger partial charge < -0.3 is 23.6 Å². The number of imide groups is 1. The molecule has 0 spiro atoms. The molecule has 14 nitrogen and oxygen atoms in total. The summed E-state index contributed by atoms with van der Waals surface area (Å²) in [4.78, 5) is 43.5. The summed E-state index contributed by atoms with van der Waals surface area (Å²) in [6.45, 7) is 9.13. The van der Waals surface area contributed by atoms with Crippen molar-refractivity contribution in [3.63, 3.8) is 0 Å². The Morgan fingerprint density at radius 3 is 2.11 bits per heavy atom. The van der Waals surface area contributed by atoms with Crippen molar-refractivity contribution in [3.05, 3.63) is 136 Å². The average Bonchev–Trinajstić information content (AvgIpc) is 3.76. The lowest BCUT2D eigenvalue weighted by atomic mass is 9.81. The molecule has 16 heteroatoms. The minimum absolute atomic E-state index is 0.0141. The number of hydrogen-bond acceptors (Lipinski definition) is 12. The van der Waals surface area contributed by atoms with Crippen LogP contribution in [0.15, 0.2) is 120 Å². The van der Waals surface area contributed by atoms with E-state index in [1.165, 1.54) is 0 Å². The van der Waals surface area contributed by atoms with Gasteiger partial charge in [-0.05, 0) is 98.6 Å². The Morgan fingerprint density at radius 1 is 0.769 bits per heavy atom. The number of benzene rings is 3. The molecule has 3 aliphatic heterocycles. The lowest BCUT2D eigenvalue weighted by Crippen LogP contribution is -2.32. The summed E-state index contributed by atoms with van der Waals surface area (Å²) >= 11 is 0. The highest BCUT2D eigenvalue weighted by molar-refractivity contribution is 7.85. The number of hydroxylamine groups is 2. The quantitative estimate of drug-likeness (QED) is 0.0755. The van der Waals surface area contributed by atoms with Gasteiger partial charge in [0.15, 0.2) is 5.71 Å². The van der Waals surface area contributed by atoms with Crippen molar-refractivity contribution in [3.8, 4) is 5.75 Å². The molecular weight excluding hydrogens is 871 g/mol. The van der Waals surface area contributed by atoms with Crippen molar-refractivity contribution >= 4 is 55.1 Å². The highest BCUT2D eigenvalue weighted by Crippen LogP contribution is 2.48. The van der Waals surface area contributed by atoms with Gasteiger partial charge in [0.1, 0.15) is 18.1 Å². The van der Waals surface area contributed by atoms with Crippen LogP contribution < -0.4 is 9.64 Å². The summed E-state index contributed by atoms with van der Waals surface area (Å²) in [5.41, 5.74) is 7.68. The van der Waals surface area contributed by atoms with Gasteiger partial charge in [0.05, 0.1) is 32.1 Å². The highest BCUT2D eigenvalue weighted by Gasteiger charge is 2.44. The first kappa shape index (κ1) is 47.3. The number of anilines is 1. The summed E-state index contributed by atoms with van der Waals surface area (Å²) in [5, 5.41) is 0.542. The highest BCUT2D eigenvalue weighted by atomic mass is 32.2. The number of para-hydroxylation sites is 2. The normalized spacial score (nSPS) is 19.5. The van der Waals surface area contributed by atoms with Crippen LogP contribution in [0, 0.1) is 0 Å². The molecule has 7 rings (SSSR count). The maximum atomic E-state index is 12.5. The molecule has 0 N–H and O–H groups in total. The monoisotopic (exact) mass is 924 g/mol. The summed E-state index contributed by atoms with van der Waals surface area (Å²) in [6, 6.07) is 23.2. The first-order valence-electron chi connectivity index (χ1n) is 21.9. The van der Waals surface area contributed by atoms with E-state index in [4.69, 9.17) is 9.57 Å². The van der Waals surface area contributed by atoms with Crippen molar-refractivity contribution in [2.24, 2.45) is 0 Å². The molecule has 0 saturated carbocycles. The molecule has 4 aliphatic rings. The summed E-state index contributed by atoms with van der Waals surface area (Å²) in [6.07, 6.45) is 11.0. The van der Waals surface area contributed by atoms with E-state index in [1.54, 1.807) is 0 Å². The molecule has 1 fully saturated rings. The van der Waals surface area contributed by atoms with Gasteiger partial charge in [0, 0.05) is 71.8 Å². The zero-order valence-corrected chi connectivity index (χ0v) is 38.7. The fourth-order valence-corrected chi connectivity index (χ4v) is 10.1. The van der Waals surface area contributed by atoms with Gasteiger partial charge in [-0.1, -0.05) is 68.5 Å². The summed E-state index contributed by atoms with van der Waals surface area (Å²) in [7, 11) is -8.80. The zero-order valence-electron chi connectivity index (χ0n) is 37.1. The lowest BCUT2D eigenvalue weighted by Gasteiger charge is -2.28. The summed E-state index contributed by atoms with van der Waals surface area (Å²) < 4.78 is 78.5. The second-order valence-electron chi connectivity index (χ2n) is 17.8. The number of allylic oxidation sites excluding steroid dienone is 7. The number of carbonyl (C=O) groups excluding carboxylic acids is 3. The maximum absolute atomic E-state index is 12.5. The molecule has 0 atom stereocenters. The molecule has 2 amide bonds. The molecule has 0 aromatic heterocycles. The number of aryl methyl sites for hydroxylation is 1. The third kappa shape index (κ3) is 10.9. The van der Waals surface area contributed by atoms with E-state index < -0.39 is 60.4 Å². The van der Waals surface area contributed by atoms with Crippen LogP contribution in [0.5, 0.6) is 5.75 Å². The maximum Gasteiger partial charge on any atom is 0.333 e. The molecule has 3 aromatic rings. The van der Waals surface area contributed by atoms with Gasteiger partial charge in [-0.3, -0.25) is 9.59 Å². The van der Waals surface area contributed by atoms with E-state index in [9.17, 15) is 40.3 Å². The minimum atomic E-state index is -4.40. The number of ether oxygens (including phenoxy) is 1. The van der Waals surface area contributed by atoms with Gasteiger partial charge in [-0.25, -0.2) is 21.6 Å². The van der Waals surface area contributed by atoms with E-state index in [0.29, 0.717) is 48.9 Å². The van der Waals surface area contributed by atoms with Crippen molar-refractivity contribution in [2.75, 3.05) is 29.5 Å². The Morgan fingerprint density at radius 2 is 1.42 bits per heavy atom. The van der Waals surface area contributed by atoms with Gasteiger partial charge >= 0.3 is 5.97 Å². The smallest absolute Gasteiger partial charge is 0.333 e. The van der Waals surface area contributed by atoms with Gasteiger partial charge in [0.25, 0.3) is 11.8 Å². The van der Waals surface area contributed by atoms with Gasteiger partial charge in [-0.15, -0.1) is 5.06 Å². The van der Waals surface area contributed by atoms with Crippen molar-refractivity contribution < 1.29 is 54.5 Å². The molecule has 0 bridgehead atoms. The van der Waals surface area contributed by atoms with Gasteiger partial charge in [0.2, 0.25) is 5.69 Å². The van der Waals surface area contributed by atoms with Crippen molar-refractivity contribution in [1.29, 1.82) is 0 Å². The van der Waals surface area contributed by atoms with Crippen molar-refractivity contribution in [2.45, 2.75) is 96.3 Å². The van der Waals surface area contributed by atoms with Crippen LogP contribution in [0.1, 0.15) is 95.8 Å². The third-order valence-corrected chi connectivity index (χ3v) is 14.0. The molecule has 1 saturated heterocycles. The zero-order chi connectivity index (χ0) is 46.7. The fraction of sp³-hybridized carbons (Fsp3) is 0.388. The summed E-state index contributed by atoms with van der Waals surface area (Å²) in [5.74, 6) is -1.52. The standard InChI is InChI=1S/C49H55N3O11S2/c1-48(2)38-14-5-7-16-40(38)50(30-10-32-64(56,57)58)42(48)25-21-35-12-9-13-36(22-26-43-49(3,4)39-15-6-8-17-41(39)51(43)31-11-33-65(59,60)61)47(35)62-37-23-18-34(19-24-37)20-29-46(55)63-52-44(53)27-28-45(52)54/h5-8,14-19,21-26H,9-13,20,27-33H2,1-4H3,(H-,56,57,58,59,60,61)/p-1. The molecule has 3 heterocycles. The largest absolute Gasteiger partial charge is 0.748 e. The number of amides is 2.